The number of rotatable bonds is 12. The number of hydrogen-bond acceptors (Lipinski definition) is 6. The summed E-state index contributed by atoms with van der Waals surface area (Å²) in [6, 6.07) is 20.9. The SMILES string of the molecule is COC(NCC(F)(F)F)Nc1cccc(-n2cnc3cc(-c4cccc(C(=O)CCCC5CCCO5)c4)ccc32)c1. The van der Waals surface area contributed by atoms with E-state index in [0.717, 1.165) is 60.1 Å². The van der Waals surface area contributed by atoms with Crippen molar-refractivity contribution < 1.29 is 27.4 Å². The van der Waals surface area contributed by atoms with Crippen molar-refractivity contribution in [3.05, 3.63) is 78.6 Å². The first-order valence-corrected chi connectivity index (χ1v) is 13.7. The van der Waals surface area contributed by atoms with Crippen LogP contribution in [-0.4, -0.2) is 54.2 Å². The van der Waals surface area contributed by atoms with Gasteiger partial charge in [-0.2, -0.15) is 13.2 Å². The van der Waals surface area contributed by atoms with Gasteiger partial charge in [-0.3, -0.25) is 14.7 Å². The zero-order valence-corrected chi connectivity index (χ0v) is 22.8. The maximum absolute atomic E-state index is 12.8. The fourth-order valence-electron chi connectivity index (χ4n) is 5.08. The van der Waals surface area contributed by atoms with Crippen molar-refractivity contribution in [1.29, 1.82) is 0 Å². The van der Waals surface area contributed by atoms with Gasteiger partial charge in [-0.1, -0.05) is 30.3 Å². The van der Waals surface area contributed by atoms with Crippen LogP contribution < -0.4 is 10.6 Å². The maximum Gasteiger partial charge on any atom is 0.401 e. The molecule has 0 amide bonds. The summed E-state index contributed by atoms with van der Waals surface area (Å²) in [6.07, 6.45) is 1.07. The van der Waals surface area contributed by atoms with Crippen molar-refractivity contribution in [2.45, 2.75) is 50.7 Å². The summed E-state index contributed by atoms with van der Waals surface area (Å²) in [6.45, 7) is -0.354. The van der Waals surface area contributed by atoms with E-state index in [1.54, 1.807) is 18.5 Å². The van der Waals surface area contributed by atoms with Crippen LogP contribution in [0, 0.1) is 0 Å². The molecule has 2 unspecified atom stereocenters. The van der Waals surface area contributed by atoms with E-state index in [9.17, 15) is 18.0 Å². The highest BCUT2D eigenvalue weighted by Gasteiger charge is 2.28. The van der Waals surface area contributed by atoms with Gasteiger partial charge in [-0.05, 0) is 73.2 Å². The average molecular weight is 567 g/mol. The summed E-state index contributed by atoms with van der Waals surface area (Å²) in [5, 5.41) is 5.21. The largest absolute Gasteiger partial charge is 0.401 e. The number of halogens is 3. The van der Waals surface area contributed by atoms with Crippen LogP contribution in [0.5, 0.6) is 0 Å². The number of methoxy groups -OCH3 is 1. The zero-order valence-electron chi connectivity index (χ0n) is 22.8. The smallest absolute Gasteiger partial charge is 0.378 e. The second kappa shape index (κ2) is 12.8. The van der Waals surface area contributed by atoms with Gasteiger partial charge < -0.3 is 14.8 Å². The van der Waals surface area contributed by atoms with E-state index in [4.69, 9.17) is 9.47 Å². The molecule has 1 saturated heterocycles. The van der Waals surface area contributed by atoms with Crippen LogP contribution in [0.2, 0.25) is 0 Å². The molecule has 1 fully saturated rings. The molecule has 1 aromatic heterocycles. The van der Waals surface area contributed by atoms with E-state index in [0.29, 0.717) is 23.8 Å². The number of anilines is 1. The molecule has 2 N–H and O–H groups in total. The average Bonchev–Trinajstić information content (AvgIpc) is 3.65. The molecule has 3 aromatic carbocycles. The lowest BCUT2D eigenvalue weighted by molar-refractivity contribution is -0.131. The second-order valence-electron chi connectivity index (χ2n) is 10.2. The molecule has 0 saturated carbocycles. The van der Waals surface area contributed by atoms with E-state index in [-0.39, 0.29) is 5.78 Å². The molecule has 0 bridgehead atoms. The summed E-state index contributed by atoms with van der Waals surface area (Å²) in [5.41, 5.74) is 5.59. The first-order valence-electron chi connectivity index (χ1n) is 13.7. The van der Waals surface area contributed by atoms with Crippen LogP contribution >= 0.6 is 0 Å². The Balaban J connectivity index is 1.28. The van der Waals surface area contributed by atoms with Gasteiger partial charge in [-0.15, -0.1) is 0 Å². The Hall–Kier alpha value is -3.73. The predicted molar refractivity (Wildman–Crippen MR) is 152 cm³/mol. The van der Waals surface area contributed by atoms with Crippen LogP contribution in [0.4, 0.5) is 18.9 Å². The highest BCUT2D eigenvalue weighted by atomic mass is 19.4. The van der Waals surface area contributed by atoms with Crippen molar-refractivity contribution in [3.8, 4) is 16.8 Å². The molecule has 1 aliphatic rings. The first kappa shape index (κ1) is 28.8. The number of ether oxygens (including phenoxy) is 2. The number of Topliss-reactive ketones (excluding diaryl/α,β-unsaturated/α-hetero) is 1. The molecule has 41 heavy (non-hydrogen) atoms. The van der Waals surface area contributed by atoms with Crippen LogP contribution in [0.3, 0.4) is 0 Å². The molecule has 10 heteroatoms. The van der Waals surface area contributed by atoms with E-state index < -0.39 is 19.1 Å². The summed E-state index contributed by atoms with van der Waals surface area (Å²) in [7, 11) is 1.32. The van der Waals surface area contributed by atoms with Gasteiger partial charge in [0.05, 0.1) is 23.7 Å². The first-order chi connectivity index (χ1) is 19.8. The molecule has 4 aromatic rings. The topological polar surface area (TPSA) is 77.4 Å². The standard InChI is InChI=1S/C31H33F3N4O3/c1-40-30(35-19-31(32,33)34)37-24-8-3-9-25(18-24)38-20-36-27-17-22(13-14-28(27)38)21-6-2-7-23(16-21)29(39)12-4-10-26-11-5-15-41-26/h2-3,6-9,13-14,16-18,20,26,30,35,37H,4-5,10-12,15,19H2,1H3. The molecular weight excluding hydrogens is 533 g/mol. The van der Waals surface area contributed by atoms with Gasteiger partial charge in [0.2, 0.25) is 0 Å². The van der Waals surface area contributed by atoms with Crippen LogP contribution in [0.1, 0.15) is 42.5 Å². The van der Waals surface area contributed by atoms with E-state index in [1.807, 2.05) is 59.2 Å². The fourth-order valence-corrected chi connectivity index (χ4v) is 5.08. The van der Waals surface area contributed by atoms with Crippen molar-refractivity contribution in [2.24, 2.45) is 0 Å². The molecule has 0 radical (unpaired) electrons. The van der Waals surface area contributed by atoms with E-state index in [1.165, 1.54) is 7.11 Å². The monoisotopic (exact) mass is 566 g/mol. The maximum atomic E-state index is 12.8. The third-order valence-electron chi connectivity index (χ3n) is 7.16. The Labute approximate surface area is 236 Å². The van der Waals surface area contributed by atoms with Crippen molar-refractivity contribution in [3.63, 3.8) is 0 Å². The molecule has 0 aliphatic carbocycles. The summed E-state index contributed by atoms with van der Waals surface area (Å²) < 4.78 is 50.5. The number of fused-ring (bicyclic) bond motifs is 1. The number of imidazole rings is 1. The molecule has 216 valence electrons. The highest BCUT2D eigenvalue weighted by molar-refractivity contribution is 5.97. The molecule has 2 heterocycles. The van der Waals surface area contributed by atoms with Gasteiger partial charge in [-0.25, -0.2) is 4.98 Å². The molecular formula is C31H33F3N4O3. The lowest BCUT2D eigenvalue weighted by atomic mass is 9.98. The molecule has 1 aliphatic heterocycles. The van der Waals surface area contributed by atoms with E-state index >= 15 is 0 Å². The van der Waals surface area contributed by atoms with Crippen molar-refractivity contribution in [2.75, 3.05) is 25.6 Å². The third-order valence-corrected chi connectivity index (χ3v) is 7.16. The number of nitrogens with one attached hydrogen (secondary N) is 2. The minimum atomic E-state index is -4.35. The van der Waals surface area contributed by atoms with E-state index in [2.05, 4.69) is 15.6 Å². The summed E-state index contributed by atoms with van der Waals surface area (Å²) >= 11 is 0. The Morgan fingerprint density at radius 3 is 2.73 bits per heavy atom. The lowest BCUT2D eigenvalue weighted by Crippen LogP contribution is -2.42. The molecule has 2 atom stereocenters. The fraction of sp³-hybridized carbons (Fsp3) is 0.355. The normalized spacial score (nSPS) is 16.2. The number of alkyl halides is 3. The molecule has 5 rings (SSSR count). The number of aromatic nitrogens is 2. The van der Waals surface area contributed by atoms with Crippen molar-refractivity contribution >= 4 is 22.5 Å². The highest BCUT2D eigenvalue weighted by Crippen LogP contribution is 2.28. The van der Waals surface area contributed by atoms with Gasteiger partial charge in [0.15, 0.2) is 12.1 Å². The van der Waals surface area contributed by atoms with Crippen LogP contribution in [0.25, 0.3) is 27.8 Å². The Bertz CT molecular complexity index is 1480. The summed E-state index contributed by atoms with van der Waals surface area (Å²) in [4.78, 5) is 17.4. The number of benzene rings is 3. The van der Waals surface area contributed by atoms with Gasteiger partial charge in [0.1, 0.15) is 6.33 Å². The number of hydrogen-bond donors (Lipinski definition) is 2. The quantitative estimate of drug-likeness (QED) is 0.147. The summed E-state index contributed by atoms with van der Waals surface area (Å²) in [5.74, 6) is 0.132. The molecule has 0 spiro atoms. The van der Waals surface area contributed by atoms with Crippen LogP contribution in [-0.2, 0) is 9.47 Å². The van der Waals surface area contributed by atoms with Gasteiger partial charge in [0.25, 0.3) is 0 Å². The Morgan fingerprint density at radius 2 is 1.95 bits per heavy atom. The second-order valence-corrected chi connectivity index (χ2v) is 10.2. The number of nitrogens with zero attached hydrogens (tertiary/aromatic N) is 2. The molecule has 7 nitrogen and oxygen atoms in total. The van der Waals surface area contributed by atoms with Gasteiger partial charge >= 0.3 is 6.18 Å². The minimum absolute atomic E-state index is 0.132. The Kier molecular flexibility index (Phi) is 9.02. The third kappa shape index (κ3) is 7.52. The zero-order chi connectivity index (χ0) is 28.8. The predicted octanol–water partition coefficient (Wildman–Crippen LogP) is 6.72. The number of carbonyl (C=O) groups excluding carboxylic acids is 1. The van der Waals surface area contributed by atoms with Gasteiger partial charge in [0, 0.05) is 37.1 Å². The number of carbonyl (C=O) groups is 1. The Morgan fingerprint density at radius 1 is 1.12 bits per heavy atom. The van der Waals surface area contributed by atoms with Crippen molar-refractivity contribution in [1.82, 2.24) is 14.9 Å². The van der Waals surface area contributed by atoms with Crippen LogP contribution in [0.15, 0.2) is 73.1 Å². The minimum Gasteiger partial charge on any atom is -0.378 e. The number of ketones is 1. The lowest BCUT2D eigenvalue weighted by Gasteiger charge is -2.21.